The van der Waals surface area contributed by atoms with Gasteiger partial charge in [-0.1, -0.05) is 154 Å². The molecule has 2 aromatic rings. The first-order valence-electron chi connectivity index (χ1n) is 14.7. The molecule has 0 saturated heterocycles. The second-order valence-electron chi connectivity index (χ2n) is 11.7. The van der Waals surface area contributed by atoms with Crippen molar-refractivity contribution in [1.29, 1.82) is 0 Å². The maximum atomic E-state index is 2.63. The van der Waals surface area contributed by atoms with Crippen LogP contribution in [0.5, 0.6) is 0 Å². The van der Waals surface area contributed by atoms with Crippen molar-refractivity contribution >= 4 is 0 Å². The average Bonchev–Trinajstić information content (AvgIpc) is 3.13. The number of rotatable bonds is 16. The molecular weight excluding hydrogens is 408 g/mol. The largest absolute Gasteiger partial charge is 0.0654 e. The standard InChI is InChI=1S/C34H52/c1-6-9-11-13-15-19-25-34(26-20-16-14-12-10-7-2)31-22-18-17-21-29(31)30-24-23-28(27-32(30)34)33(4,5)8-3/h17-18,21-24,27H,6-16,19-20,25-26H2,1-5H3. The van der Waals surface area contributed by atoms with Gasteiger partial charge in [-0.05, 0) is 52.5 Å². The minimum atomic E-state index is 0.210. The number of benzene rings is 2. The van der Waals surface area contributed by atoms with Crippen LogP contribution >= 0.6 is 0 Å². The predicted octanol–water partition coefficient (Wildman–Crippen LogP) is 11.1. The number of hydrogen-bond donors (Lipinski definition) is 0. The van der Waals surface area contributed by atoms with Crippen molar-refractivity contribution in [3.05, 3.63) is 59.2 Å². The van der Waals surface area contributed by atoms with Crippen molar-refractivity contribution in [1.82, 2.24) is 0 Å². The SMILES string of the molecule is CCCCCCCCC1(CCCCCCCC)c2ccccc2-c2ccc(C(C)(C)CC)cc21. The third-order valence-corrected chi connectivity index (χ3v) is 8.85. The van der Waals surface area contributed by atoms with E-state index in [4.69, 9.17) is 0 Å². The van der Waals surface area contributed by atoms with Gasteiger partial charge in [-0.25, -0.2) is 0 Å². The molecule has 0 heterocycles. The highest BCUT2D eigenvalue weighted by atomic mass is 14.5. The first kappa shape index (κ1) is 27.0. The molecule has 0 nitrogen and oxygen atoms in total. The van der Waals surface area contributed by atoms with Gasteiger partial charge in [0.2, 0.25) is 0 Å². The summed E-state index contributed by atoms with van der Waals surface area (Å²) in [6.45, 7) is 11.8. The fraction of sp³-hybridized carbons (Fsp3) is 0.647. The first-order chi connectivity index (χ1) is 16.5. The zero-order valence-corrected chi connectivity index (χ0v) is 23.1. The second kappa shape index (κ2) is 12.9. The smallest absolute Gasteiger partial charge is 0.0215 e. The van der Waals surface area contributed by atoms with Crippen LogP contribution in [0.3, 0.4) is 0 Å². The molecule has 3 rings (SSSR count). The van der Waals surface area contributed by atoms with Crippen molar-refractivity contribution in [3.8, 4) is 11.1 Å². The van der Waals surface area contributed by atoms with Crippen LogP contribution in [0, 0.1) is 0 Å². The van der Waals surface area contributed by atoms with Gasteiger partial charge < -0.3 is 0 Å². The molecule has 188 valence electrons. The molecule has 0 unspecified atom stereocenters. The van der Waals surface area contributed by atoms with Gasteiger partial charge in [0.05, 0.1) is 0 Å². The molecule has 0 fully saturated rings. The molecule has 34 heavy (non-hydrogen) atoms. The first-order valence-corrected chi connectivity index (χ1v) is 14.7. The van der Waals surface area contributed by atoms with E-state index in [2.05, 4.69) is 77.1 Å². The number of unbranched alkanes of at least 4 members (excludes halogenated alkanes) is 10. The summed E-state index contributed by atoms with van der Waals surface area (Å²) in [4.78, 5) is 0. The Morgan fingerprint density at radius 1 is 0.588 bits per heavy atom. The maximum Gasteiger partial charge on any atom is 0.0215 e. The Balaban J connectivity index is 1.92. The Morgan fingerprint density at radius 3 is 1.71 bits per heavy atom. The fourth-order valence-electron chi connectivity index (χ4n) is 6.16. The van der Waals surface area contributed by atoms with Crippen LogP contribution in [0.15, 0.2) is 42.5 Å². The summed E-state index contributed by atoms with van der Waals surface area (Å²) in [7, 11) is 0. The molecule has 0 spiro atoms. The quantitative estimate of drug-likeness (QED) is 0.218. The van der Waals surface area contributed by atoms with E-state index in [1.807, 2.05) is 0 Å². The van der Waals surface area contributed by atoms with Crippen LogP contribution in [-0.2, 0) is 10.8 Å². The predicted molar refractivity (Wildman–Crippen MR) is 152 cm³/mol. The molecular formula is C34H52. The molecule has 0 bridgehead atoms. The van der Waals surface area contributed by atoms with Crippen LogP contribution in [0.4, 0.5) is 0 Å². The molecule has 2 aromatic carbocycles. The van der Waals surface area contributed by atoms with Crippen LogP contribution in [0.1, 0.15) is 148 Å². The molecule has 0 saturated carbocycles. The normalized spacial score (nSPS) is 14.3. The molecule has 1 aliphatic rings. The van der Waals surface area contributed by atoms with E-state index in [1.165, 1.54) is 113 Å². The minimum Gasteiger partial charge on any atom is -0.0654 e. The monoisotopic (exact) mass is 460 g/mol. The van der Waals surface area contributed by atoms with Gasteiger partial charge in [0, 0.05) is 5.41 Å². The van der Waals surface area contributed by atoms with E-state index in [9.17, 15) is 0 Å². The maximum absolute atomic E-state index is 2.63. The van der Waals surface area contributed by atoms with Crippen molar-refractivity contribution in [2.24, 2.45) is 0 Å². The third-order valence-electron chi connectivity index (χ3n) is 8.85. The van der Waals surface area contributed by atoms with Gasteiger partial charge in [-0.3, -0.25) is 0 Å². The van der Waals surface area contributed by atoms with Crippen LogP contribution in [0.25, 0.3) is 11.1 Å². The van der Waals surface area contributed by atoms with Gasteiger partial charge in [-0.15, -0.1) is 0 Å². The van der Waals surface area contributed by atoms with Crippen molar-refractivity contribution < 1.29 is 0 Å². The Hall–Kier alpha value is -1.56. The fourth-order valence-corrected chi connectivity index (χ4v) is 6.16. The molecule has 0 N–H and O–H groups in total. The van der Waals surface area contributed by atoms with Gasteiger partial charge in [0.1, 0.15) is 0 Å². The summed E-state index contributed by atoms with van der Waals surface area (Å²) in [5, 5.41) is 0. The van der Waals surface area contributed by atoms with Crippen LogP contribution in [0.2, 0.25) is 0 Å². The highest BCUT2D eigenvalue weighted by molar-refractivity contribution is 5.81. The van der Waals surface area contributed by atoms with E-state index < -0.39 is 0 Å². The molecule has 0 amide bonds. The summed E-state index contributed by atoms with van der Waals surface area (Å²) in [5.41, 5.74) is 8.26. The van der Waals surface area contributed by atoms with E-state index in [1.54, 1.807) is 11.1 Å². The van der Waals surface area contributed by atoms with Crippen molar-refractivity contribution in [3.63, 3.8) is 0 Å². The highest BCUT2D eigenvalue weighted by Crippen LogP contribution is 2.55. The summed E-state index contributed by atoms with van der Waals surface area (Å²) in [6, 6.07) is 16.9. The molecule has 0 aliphatic heterocycles. The third kappa shape index (κ3) is 6.16. The second-order valence-corrected chi connectivity index (χ2v) is 11.7. The van der Waals surface area contributed by atoms with E-state index >= 15 is 0 Å². The summed E-state index contributed by atoms with van der Waals surface area (Å²) in [6.07, 6.45) is 20.4. The Morgan fingerprint density at radius 2 is 1.12 bits per heavy atom. The van der Waals surface area contributed by atoms with Gasteiger partial charge in [0.15, 0.2) is 0 Å². The number of hydrogen-bond acceptors (Lipinski definition) is 0. The summed E-state index contributed by atoms with van der Waals surface area (Å²) in [5.74, 6) is 0. The summed E-state index contributed by atoms with van der Waals surface area (Å²) >= 11 is 0. The lowest BCUT2D eigenvalue weighted by Gasteiger charge is -2.34. The van der Waals surface area contributed by atoms with E-state index in [0.717, 1.165) is 0 Å². The zero-order valence-electron chi connectivity index (χ0n) is 23.1. The molecule has 0 atom stereocenters. The lowest BCUT2D eigenvalue weighted by molar-refractivity contribution is 0.396. The molecule has 0 aromatic heterocycles. The van der Waals surface area contributed by atoms with Gasteiger partial charge >= 0.3 is 0 Å². The molecule has 1 aliphatic carbocycles. The van der Waals surface area contributed by atoms with Crippen molar-refractivity contribution in [2.45, 2.75) is 142 Å². The van der Waals surface area contributed by atoms with Crippen LogP contribution in [-0.4, -0.2) is 0 Å². The van der Waals surface area contributed by atoms with Crippen molar-refractivity contribution in [2.75, 3.05) is 0 Å². The van der Waals surface area contributed by atoms with E-state index in [0.29, 0.717) is 0 Å². The Bertz CT molecular complexity index is 855. The van der Waals surface area contributed by atoms with E-state index in [-0.39, 0.29) is 10.8 Å². The lowest BCUT2D eigenvalue weighted by Crippen LogP contribution is -2.26. The molecule has 0 radical (unpaired) electrons. The number of fused-ring (bicyclic) bond motifs is 3. The zero-order chi connectivity index (χ0) is 24.4. The Kier molecular flexibility index (Phi) is 10.3. The molecule has 0 heteroatoms. The average molecular weight is 461 g/mol. The summed E-state index contributed by atoms with van der Waals surface area (Å²) < 4.78 is 0. The topological polar surface area (TPSA) is 0 Å². The van der Waals surface area contributed by atoms with Crippen LogP contribution < -0.4 is 0 Å². The Labute approximate surface area is 212 Å². The van der Waals surface area contributed by atoms with Gasteiger partial charge in [-0.2, -0.15) is 0 Å². The highest BCUT2D eigenvalue weighted by Gasteiger charge is 2.42. The van der Waals surface area contributed by atoms with Gasteiger partial charge in [0.25, 0.3) is 0 Å². The lowest BCUT2D eigenvalue weighted by atomic mass is 9.69. The minimum absolute atomic E-state index is 0.210.